The Morgan fingerprint density at radius 2 is 2.12 bits per heavy atom. The Morgan fingerprint density at radius 3 is 2.72 bits per heavy atom. The SMILES string of the molecule is COCCOCn1c(=O)ccn([C@@H]2O[C@H](CO)[C@@H](O)[C@]2(O)CF)c1=O. The average molecular weight is 364 g/mol. The largest absolute Gasteiger partial charge is 0.394 e. The van der Waals surface area contributed by atoms with Gasteiger partial charge in [-0.15, -0.1) is 0 Å². The molecule has 1 aromatic rings. The van der Waals surface area contributed by atoms with Gasteiger partial charge in [-0.05, 0) is 0 Å². The van der Waals surface area contributed by atoms with E-state index in [1.807, 2.05) is 0 Å². The molecule has 0 radical (unpaired) electrons. The summed E-state index contributed by atoms with van der Waals surface area (Å²) in [6.45, 7) is -2.10. The summed E-state index contributed by atoms with van der Waals surface area (Å²) in [7, 11) is 1.46. The maximum atomic E-state index is 13.4. The van der Waals surface area contributed by atoms with E-state index in [1.54, 1.807) is 0 Å². The fraction of sp³-hybridized carbons (Fsp3) is 0.714. The van der Waals surface area contributed by atoms with Crippen LogP contribution in [0.15, 0.2) is 21.9 Å². The number of aliphatic hydroxyl groups is 3. The second kappa shape index (κ2) is 8.17. The van der Waals surface area contributed by atoms with Crippen LogP contribution in [0.3, 0.4) is 0 Å². The summed E-state index contributed by atoms with van der Waals surface area (Å²) in [5.41, 5.74) is -4.04. The van der Waals surface area contributed by atoms with Crippen LogP contribution in [0, 0.1) is 0 Å². The Balaban J connectivity index is 2.36. The molecule has 142 valence electrons. The number of halogens is 1. The van der Waals surface area contributed by atoms with E-state index in [1.165, 1.54) is 7.11 Å². The molecule has 1 aliphatic rings. The first-order valence-electron chi connectivity index (χ1n) is 7.52. The maximum Gasteiger partial charge on any atom is 0.335 e. The van der Waals surface area contributed by atoms with Gasteiger partial charge in [-0.1, -0.05) is 0 Å². The molecular formula is C14H21FN2O8. The van der Waals surface area contributed by atoms with Crippen LogP contribution in [0.1, 0.15) is 6.23 Å². The fourth-order valence-corrected chi connectivity index (χ4v) is 2.55. The number of hydrogen-bond donors (Lipinski definition) is 3. The van der Waals surface area contributed by atoms with Gasteiger partial charge in [-0.2, -0.15) is 0 Å². The number of aromatic nitrogens is 2. The Bertz CT molecular complexity index is 692. The highest BCUT2D eigenvalue weighted by Crippen LogP contribution is 2.37. The van der Waals surface area contributed by atoms with E-state index in [-0.39, 0.29) is 19.9 Å². The van der Waals surface area contributed by atoms with Crippen molar-refractivity contribution < 1.29 is 33.9 Å². The van der Waals surface area contributed by atoms with Crippen LogP contribution in [0.2, 0.25) is 0 Å². The number of aliphatic hydroxyl groups excluding tert-OH is 2. The molecule has 1 fully saturated rings. The van der Waals surface area contributed by atoms with Crippen LogP contribution in [0.25, 0.3) is 0 Å². The van der Waals surface area contributed by atoms with Gasteiger partial charge in [-0.25, -0.2) is 13.8 Å². The standard InChI is InChI=1S/C14H21FN2O8/c1-23-4-5-24-8-17-10(19)2-3-16(13(17)21)12-14(22,7-15)11(20)9(6-18)25-12/h2-3,9,11-12,18,20,22H,4-8H2,1H3/t9-,11-,12-,14-/m1/s1. The minimum Gasteiger partial charge on any atom is -0.394 e. The van der Waals surface area contributed by atoms with Gasteiger partial charge < -0.3 is 29.5 Å². The highest BCUT2D eigenvalue weighted by molar-refractivity contribution is 5.03. The van der Waals surface area contributed by atoms with Gasteiger partial charge in [0.2, 0.25) is 0 Å². The molecule has 0 amide bonds. The van der Waals surface area contributed by atoms with Crippen molar-refractivity contribution in [2.45, 2.75) is 30.8 Å². The molecule has 0 spiro atoms. The molecule has 0 unspecified atom stereocenters. The van der Waals surface area contributed by atoms with Crippen molar-refractivity contribution in [3.8, 4) is 0 Å². The summed E-state index contributed by atoms with van der Waals surface area (Å²) in [6, 6.07) is 1.02. The quantitative estimate of drug-likeness (QED) is 0.434. The number of nitrogens with zero attached hydrogens (tertiary/aromatic N) is 2. The zero-order valence-corrected chi connectivity index (χ0v) is 13.6. The van der Waals surface area contributed by atoms with Gasteiger partial charge in [0.1, 0.15) is 25.6 Å². The molecule has 1 aliphatic heterocycles. The molecule has 2 rings (SSSR count). The Hall–Kier alpha value is -1.63. The van der Waals surface area contributed by atoms with Crippen LogP contribution < -0.4 is 11.2 Å². The van der Waals surface area contributed by atoms with E-state index in [4.69, 9.17) is 14.2 Å². The molecule has 0 aromatic carbocycles. The van der Waals surface area contributed by atoms with Crippen molar-refractivity contribution in [1.82, 2.24) is 9.13 Å². The van der Waals surface area contributed by atoms with Gasteiger partial charge in [0.15, 0.2) is 11.8 Å². The van der Waals surface area contributed by atoms with Gasteiger partial charge in [0.05, 0.1) is 19.8 Å². The molecule has 4 atom stereocenters. The van der Waals surface area contributed by atoms with Crippen LogP contribution >= 0.6 is 0 Å². The average Bonchev–Trinajstić information content (AvgIpc) is 2.86. The van der Waals surface area contributed by atoms with Crippen LogP contribution in [-0.4, -0.2) is 75.9 Å². The van der Waals surface area contributed by atoms with E-state index in [0.717, 1.165) is 21.4 Å². The lowest BCUT2D eigenvalue weighted by Gasteiger charge is -2.29. The first-order valence-corrected chi connectivity index (χ1v) is 7.52. The molecule has 10 nitrogen and oxygen atoms in total. The summed E-state index contributed by atoms with van der Waals surface area (Å²) >= 11 is 0. The summed E-state index contributed by atoms with van der Waals surface area (Å²) in [5.74, 6) is 0. The zero-order valence-electron chi connectivity index (χ0n) is 13.6. The van der Waals surface area contributed by atoms with Crippen molar-refractivity contribution in [2.24, 2.45) is 0 Å². The number of methoxy groups -OCH3 is 1. The first-order chi connectivity index (χ1) is 11.9. The molecule has 0 bridgehead atoms. The van der Waals surface area contributed by atoms with E-state index in [9.17, 15) is 29.3 Å². The smallest absolute Gasteiger partial charge is 0.335 e. The normalized spacial score (nSPS) is 29.2. The summed E-state index contributed by atoms with van der Waals surface area (Å²) in [6.07, 6.45) is -3.63. The van der Waals surface area contributed by atoms with E-state index < -0.39 is 48.6 Å². The van der Waals surface area contributed by atoms with Gasteiger partial charge >= 0.3 is 5.69 Å². The number of hydrogen-bond acceptors (Lipinski definition) is 8. The second-order valence-electron chi connectivity index (χ2n) is 5.58. The van der Waals surface area contributed by atoms with E-state index in [2.05, 4.69) is 0 Å². The molecule has 3 N–H and O–H groups in total. The lowest BCUT2D eigenvalue weighted by atomic mass is 9.95. The van der Waals surface area contributed by atoms with Crippen LogP contribution in [-0.2, 0) is 20.9 Å². The third-order valence-electron chi connectivity index (χ3n) is 3.99. The van der Waals surface area contributed by atoms with E-state index >= 15 is 0 Å². The zero-order chi connectivity index (χ0) is 18.6. The molecule has 0 aliphatic carbocycles. The number of alkyl halides is 1. The van der Waals surface area contributed by atoms with Crippen LogP contribution in [0.4, 0.5) is 4.39 Å². The third-order valence-corrected chi connectivity index (χ3v) is 3.99. The Kier molecular flexibility index (Phi) is 6.43. The van der Waals surface area contributed by atoms with Crippen molar-refractivity contribution >= 4 is 0 Å². The Morgan fingerprint density at radius 1 is 1.40 bits per heavy atom. The monoisotopic (exact) mass is 364 g/mol. The highest BCUT2D eigenvalue weighted by Gasteiger charge is 2.56. The second-order valence-corrected chi connectivity index (χ2v) is 5.58. The summed E-state index contributed by atoms with van der Waals surface area (Å²) < 4.78 is 30.0. The maximum absolute atomic E-state index is 13.4. The summed E-state index contributed by atoms with van der Waals surface area (Å²) in [5, 5.41) is 29.5. The van der Waals surface area contributed by atoms with Crippen molar-refractivity contribution in [3.05, 3.63) is 33.1 Å². The third kappa shape index (κ3) is 3.66. The van der Waals surface area contributed by atoms with Gasteiger partial charge in [-0.3, -0.25) is 9.36 Å². The Labute approximate surface area is 141 Å². The van der Waals surface area contributed by atoms with Crippen molar-refractivity contribution in [3.63, 3.8) is 0 Å². The van der Waals surface area contributed by atoms with Gasteiger partial charge in [0.25, 0.3) is 5.56 Å². The molecular weight excluding hydrogens is 343 g/mol. The lowest BCUT2D eigenvalue weighted by Crippen LogP contribution is -2.52. The molecule has 0 saturated carbocycles. The predicted molar refractivity (Wildman–Crippen MR) is 80.7 cm³/mol. The minimum atomic E-state index is -2.45. The van der Waals surface area contributed by atoms with Crippen LogP contribution in [0.5, 0.6) is 0 Å². The molecule has 1 saturated heterocycles. The fourth-order valence-electron chi connectivity index (χ4n) is 2.55. The van der Waals surface area contributed by atoms with Crippen molar-refractivity contribution in [2.75, 3.05) is 33.6 Å². The van der Waals surface area contributed by atoms with E-state index in [0.29, 0.717) is 0 Å². The van der Waals surface area contributed by atoms with Gasteiger partial charge in [0, 0.05) is 19.4 Å². The molecule has 11 heteroatoms. The predicted octanol–water partition coefficient (Wildman–Crippen LogP) is -2.42. The number of ether oxygens (including phenoxy) is 3. The van der Waals surface area contributed by atoms with Crippen molar-refractivity contribution in [1.29, 1.82) is 0 Å². The first kappa shape index (κ1) is 19.7. The summed E-state index contributed by atoms with van der Waals surface area (Å²) in [4.78, 5) is 24.4. The molecule has 1 aromatic heterocycles. The lowest BCUT2D eigenvalue weighted by molar-refractivity contribution is -0.122. The molecule has 2 heterocycles. The molecule has 25 heavy (non-hydrogen) atoms. The highest BCUT2D eigenvalue weighted by atomic mass is 19.1. The number of rotatable bonds is 8. The minimum absolute atomic E-state index is 0.136. The topological polar surface area (TPSA) is 132 Å².